The molecule has 0 fully saturated rings. The minimum absolute atomic E-state index is 0.280. The van der Waals surface area contributed by atoms with Crippen LogP contribution in [0.25, 0.3) is 0 Å². The van der Waals surface area contributed by atoms with E-state index in [0.717, 1.165) is 17.9 Å². The third-order valence-electron chi connectivity index (χ3n) is 2.14. The summed E-state index contributed by atoms with van der Waals surface area (Å²) in [7, 11) is 4.98. The minimum Gasteiger partial charge on any atom is -0.384 e. The van der Waals surface area contributed by atoms with E-state index in [2.05, 4.69) is 12.1 Å². The van der Waals surface area contributed by atoms with Crippen LogP contribution in [0.5, 0.6) is 0 Å². The fourth-order valence-corrected chi connectivity index (χ4v) is 2.15. The summed E-state index contributed by atoms with van der Waals surface area (Å²) in [5, 5.41) is 0. The van der Waals surface area contributed by atoms with Crippen molar-refractivity contribution in [1.29, 1.82) is 0 Å². The minimum atomic E-state index is -0.280. The Bertz CT molecular complexity index is 283. The van der Waals surface area contributed by atoms with Crippen LogP contribution in [-0.2, 0) is 14.2 Å². The first kappa shape index (κ1) is 13.5. The van der Waals surface area contributed by atoms with Crippen LogP contribution < -0.4 is 0 Å². The van der Waals surface area contributed by atoms with E-state index in [0.29, 0.717) is 0 Å². The number of rotatable bonds is 7. The van der Waals surface area contributed by atoms with Crippen molar-refractivity contribution in [3.8, 4) is 0 Å². The van der Waals surface area contributed by atoms with E-state index in [-0.39, 0.29) is 6.29 Å². The summed E-state index contributed by atoms with van der Waals surface area (Å²) in [6.45, 7) is 0.769. The van der Waals surface area contributed by atoms with Crippen LogP contribution in [-0.4, -0.2) is 33.7 Å². The van der Waals surface area contributed by atoms with Gasteiger partial charge in [-0.2, -0.15) is 0 Å². The van der Waals surface area contributed by atoms with Crippen LogP contribution in [0, 0.1) is 0 Å². The lowest BCUT2D eigenvalue weighted by molar-refractivity contribution is -0.106. The summed E-state index contributed by atoms with van der Waals surface area (Å²) in [5.74, 6) is 0.966. The molecule has 4 heteroatoms. The lowest BCUT2D eigenvalue weighted by atomic mass is 10.2. The van der Waals surface area contributed by atoms with Crippen molar-refractivity contribution in [2.24, 2.45) is 0 Å². The number of benzene rings is 1. The third-order valence-corrected chi connectivity index (χ3v) is 3.11. The van der Waals surface area contributed by atoms with E-state index in [1.807, 2.05) is 12.1 Å². The molecule has 0 unspecified atom stereocenters. The van der Waals surface area contributed by atoms with Gasteiger partial charge in [-0.25, -0.2) is 0 Å². The van der Waals surface area contributed by atoms with E-state index in [1.54, 1.807) is 33.1 Å². The largest absolute Gasteiger partial charge is 0.384 e. The molecule has 0 N–H and O–H groups in total. The van der Waals surface area contributed by atoms with Crippen LogP contribution in [0.1, 0.15) is 11.9 Å². The summed E-state index contributed by atoms with van der Waals surface area (Å²) in [6, 6.07) is 8.18. The van der Waals surface area contributed by atoms with Gasteiger partial charge in [0.15, 0.2) is 6.29 Å². The maximum absolute atomic E-state index is 5.17. The highest BCUT2D eigenvalue weighted by Gasteiger charge is 2.07. The van der Waals surface area contributed by atoms with Crippen molar-refractivity contribution in [2.45, 2.75) is 11.2 Å². The summed E-state index contributed by atoms with van der Waals surface area (Å²) in [5.41, 5.74) is 1.03. The zero-order valence-electron chi connectivity index (χ0n) is 9.93. The quantitative estimate of drug-likeness (QED) is 0.417. The molecule has 0 saturated carbocycles. The average molecular weight is 242 g/mol. The van der Waals surface area contributed by atoms with Gasteiger partial charge < -0.3 is 14.2 Å². The predicted octanol–water partition coefficient (Wildman–Crippen LogP) is 2.72. The molecule has 1 rings (SSSR count). The monoisotopic (exact) mass is 242 g/mol. The van der Waals surface area contributed by atoms with Crippen LogP contribution in [0.3, 0.4) is 0 Å². The predicted molar refractivity (Wildman–Crippen MR) is 65.8 cm³/mol. The fraction of sp³-hybridized carbons (Fsp3) is 0.500. The molecule has 0 aliphatic rings. The summed E-state index contributed by atoms with van der Waals surface area (Å²) in [6.07, 6.45) is -0.280. The molecule has 90 valence electrons. The van der Waals surface area contributed by atoms with Crippen LogP contribution in [0.15, 0.2) is 29.2 Å². The van der Waals surface area contributed by atoms with Gasteiger partial charge in [-0.05, 0) is 12.1 Å². The van der Waals surface area contributed by atoms with Gasteiger partial charge in [-0.15, -0.1) is 11.8 Å². The molecule has 0 atom stereocenters. The van der Waals surface area contributed by atoms with Crippen molar-refractivity contribution in [3.05, 3.63) is 29.8 Å². The molecule has 1 aromatic rings. The standard InChI is InChI=1S/C12H18O3S/c1-13-8-9-16-11-6-4-10(5-7-11)12(14-2)15-3/h4-7,12H,8-9H2,1-3H3. The molecule has 0 aromatic heterocycles. The van der Waals surface area contributed by atoms with Gasteiger partial charge in [0.2, 0.25) is 0 Å². The number of thioether (sulfide) groups is 1. The first-order valence-corrected chi connectivity index (χ1v) is 6.07. The Kier molecular flexibility index (Phi) is 6.49. The molecule has 16 heavy (non-hydrogen) atoms. The highest BCUT2D eigenvalue weighted by Crippen LogP contribution is 2.22. The zero-order chi connectivity index (χ0) is 11.8. The van der Waals surface area contributed by atoms with Gasteiger partial charge in [-0.1, -0.05) is 12.1 Å². The highest BCUT2D eigenvalue weighted by atomic mass is 32.2. The number of hydrogen-bond acceptors (Lipinski definition) is 4. The maximum Gasteiger partial charge on any atom is 0.183 e. The van der Waals surface area contributed by atoms with Gasteiger partial charge in [0, 0.05) is 37.5 Å². The molecule has 0 amide bonds. The molecule has 1 aromatic carbocycles. The Balaban J connectivity index is 2.53. The number of ether oxygens (including phenoxy) is 3. The van der Waals surface area contributed by atoms with Crippen molar-refractivity contribution >= 4 is 11.8 Å². The Labute approximate surface area is 101 Å². The summed E-state index contributed by atoms with van der Waals surface area (Å²) < 4.78 is 15.3. The SMILES string of the molecule is COCCSc1ccc(C(OC)OC)cc1. The second kappa shape index (κ2) is 7.68. The van der Waals surface area contributed by atoms with Crippen molar-refractivity contribution in [1.82, 2.24) is 0 Å². The van der Waals surface area contributed by atoms with E-state index >= 15 is 0 Å². The molecule has 0 spiro atoms. The Morgan fingerprint density at radius 3 is 2.19 bits per heavy atom. The maximum atomic E-state index is 5.17. The molecule has 0 heterocycles. The summed E-state index contributed by atoms with van der Waals surface area (Å²) in [4.78, 5) is 1.23. The van der Waals surface area contributed by atoms with Gasteiger partial charge in [0.25, 0.3) is 0 Å². The number of methoxy groups -OCH3 is 3. The molecule has 0 bridgehead atoms. The Hall–Kier alpha value is -0.550. The van der Waals surface area contributed by atoms with Crippen molar-refractivity contribution < 1.29 is 14.2 Å². The van der Waals surface area contributed by atoms with E-state index in [9.17, 15) is 0 Å². The van der Waals surface area contributed by atoms with Crippen LogP contribution in [0.2, 0.25) is 0 Å². The Morgan fingerprint density at radius 2 is 1.69 bits per heavy atom. The first-order chi connectivity index (χ1) is 7.81. The van der Waals surface area contributed by atoms with Gasteiger partial charge in [0.1, 0.15) is 0 Å². The van der Waals surface area contributed by atoms with Crippen molar-refractivity contribution in [2.75, 3.05) is 33.7 Å². The molecular formula is C12H18O3S. The van der Waals surface area contributed by atoms with Crippen LogP contribution in [0.4, 0.5) is 0 Å². The average Bonchev–Trinajstić information content (AvgIpc) is 2.33. The topological polar surface area (TPSA) is 27.7 Å². The van der Waals surface area contributed by atoms with E-state index in [1.165, 1.54) is 4.90 Å². The second-order valence-electron chi connectivity index (χ2n) is 3.21. The smallest absolute Gasteiger partial charge is 0.183 e. The normalized spacial score (nSPS) is 11.0. The van der Waals surface area contributed by atoms with Gasteiger partial charge in [-0.3, -0.25) is 0 Å². The first-order valence-electron chi connectivity index (χ1n) is 5.09. The van der Waals surface area contributed by atoms with Crippen LogP contribution >= 0.6 is 11.8 Å². The van der Waals surface area contributed by atoms with E-state index < -0.39 is 0 Å². The molecular weight excluding hydrogens is 224 g/mol. The Morgan fingerprint density at radius 1 is 1.06 bits per heavy atom. The summed E-state index contributed by atoms with van der Waals surface area (Å²) >= 11 is 1.77. The third kappa shape index (κ3) is 4.14. The van der Waals surface area contributed by atoms with Crippen molar-refractivity contribution in [3.63, 3.8) is 0 Å². The van der Waals surface area contributed by atoms with Gasteiger partial charge in [0.05, 0.1) is 6.61 Å². The molecule has 0 aliphatic heterocycles. The van der Waals surface area contributed by atoms with Gasteiger partial charge >= 0.3 is 0 Å². The molecule has 3 nitrogen and oxygen atoms in total. The molecule has 0 saturated heterocycles. The zero-order valence-corrected chi connectivity index (χ0v) is 10.8. The molecule has 0 aliphatic carbocycles. The lowest BCUT2D eigenvalue weighted by Gasteiger charge is -2.13. The van der Waals surface area contributed by atoms with E-state index in [4.69, 9.17) is 14.2 Å². The highest BCUT2D eigenvalue weighted by molar-refractivity contribution is 7.99. The fourth-order valence-electron chi connectivity index (χ4n) is 1.33. The molecule has 0 radical (unpaired) electrons. The second-order valence-corrected chi connectivity index (χ2v) is 4.38. The number of hydrogen-bond donors (Lipinski definition) is 0. The lowest BCUT2D eigenvalue weighted by Crippen LogP contribution is -2.03.